The average molecular weight is 474 g/mol. The molecule has 0 aliphatic heterocycles. The summed E-state index contributed by atoms with van der Waals surface area (Å²) in [4.78, 5) is 18.8. The summed E-state index contributed by atoms with van der Waals surface area (Å²) < 4.78 is 29.7. The number of nitrogens with zero attached hydrogens (tertiary/aromatic N) is 2. The van der Waals surface area contributed by atoms with Gasteiger partial charge in [-0.15, -0.1) is 0 Å². The van der Waals surface area contributed by atoms with Crippen molar-refractivity contribution in [1.82, 2.24) is 9.97 Å². The lowest BCUT2D eigenvalue weighted by molar-refractivity contribution is -0.145. The van der Waals surface area contributed by atoms with Gasteiger partial charge in [-0.25, -0.2) is 14.2 Å². The molecule has 2 aromatic carbocycles. The summed E-state index contributed by atoms with van der Waals surface area (Å²) in [5, 5.41) is 9.61. The molecule has 0 spiro atoms. The molecule has 9 heteroatoms. The molecule has 0 saturated heterocycles. The highest BCUT2D eigenvalue weighted by molar-refractivity contribution is 9.10. The minimum absolute atomic E-state index is 0.245. The lowest BCUT2D eigenvalue weighted by Gasteiger charge is -2.12. The van der Waals surface area contributed by atoms with Crippen LogP contribution in [-0.2, 0) is 9.53 Å². The molecule has 0 saturated carbocycles. The Morgan fingerprint density at radius 1 is 1.33 bits per heavy atom. The van der Waals surface area contributed by atoms with Crippen molar-refractivity contribution in [2.24, 2.45) is 0 Å². The van der Waals surface area contributed by atoms with Crippen molar-refractivity contribution in [3.63, 3.8) is 0 Å². The monoisotopic (exact) mass is 473 g/mol. The summed E-state index contributed by atoms with van der Waals surface area (Å²) in [6.07, 6.45) is 1.61. The second kappa shape index (κ2) is 9.41. The van der Waals surface area contributed by atoms with Crippen LogP contribution >= 0.6 is 15.9 Å². The standard InChI is InChI=1S/C21H17BrFN3O4/c1-3-29-20(27)11-30-19-9-15(22)12(7-18(19)28-2)6-13(10-24)21-25-16-5-4-14(23)8-17(16)26-21/h4-9H,3,11H2,1-2H3,(H,25,26)/b13-6-. The molecule has 3 rings (SSSR count). The first-order valence-corrected chi connectivity index (χ1v) is 9.67. The molecule has 0 aliphatic carbocycles. The van der Waals surface area contributed by atoms with Gasteiger partial charge in [-0.3, -0.25) is 0 Å². The van der Waals surface area contributed by atoms with Gasteiger partial charge in [-0.05, 0) is 48.9 Å². The number of hydrogen-bond acceptors (Lipinski definition) is 6. The van der Waals surface area contributed by atoms with Crippen LogP contribution in [0, 0.1) is 17.1 Å². The van der Waals surface area contributed by atoms with E-state index in [-0.39, 0.29) is 18.8 Å². The normalized spacial score (nSPS) is 11.2. The third-order valence-electron chi connectivity index (χ3n) is 4.05. The van der Waals surface area contributed by atoms with Crippen LogP contribution in [0.15, 0.2) is 34.8 Å². The number of imidazole rings is 1. The Labute approximate surface area is 180 Å². The van der Waals surface area contributed by atoms with Crippen molar-refractivity contribution in [2.75, 3.05) is 20.3 Å². The van der Waals surface area contributed by atoms with Gasteiger partial charge >= 0.3 is 5.97 Å². The fraction of sp³-hybridized carbons (Fsp3) is 0.190. The number of esters is 1. The highest BCUT2D eigenvalue weighted by atomic mass is 79.9. The topological polar surface area (TPSA) is 97.2 Å². The fourth-order valence-corrected chi connectivity index (χ4v) is 3.13. The third kappa shape index (κ3) is 4.78. The van der Waals surface area contributed by atoms with E-state index in [0.717, 1.165) is 0 Å². The van der Waals surface area contributed by atoms with Gasteiger partial charge in [0.15, 0.2) is 18.1 Å². The highest BCUT2D eigenvalue weighted by Gasteiger charge is 2.14. The van der Waals surface area contributed by atoms with E-state index in [0.29, 0.717) is 38.4 Å². The Balaban J connectivity index is 1.93. The first kappa shape index (κ1) is 21.3. The van der Waals surface area contributed by atoms with Gasteiger partial charge in [-0.1, -0.05) is 15.9 Å². The summed E-state index contributed by atoms with van der Waals surface area (Å²) in [5.41, 5.74) is 1.91. The smallest absolute Gasteiger partial charge is 0.344 e. The van der Waals surface area contributed by atoms with Gasteiger partial charge in [0.05, 0.1) is 30.3 Å². The van der Waals surface area contributed by atoms with E-state index < -0.39 is 11.8 Å². The number of carbonyl (C=O) groups is 1. The summed E-state index contributed by atoms with van der Waals surface area (Å²) >= 11 is 3.44. The van der Waals surface area contributed by atoms with Crippen LogP contribution in [0.3, 0.4) is 0 Å². The molecule has 7 nitrogen and oxygen atoms in total. The van der Waals surface area contributed by atoms with Gasteiger partial charge < -0.3 is 19.2 Å². The zero-order valence-electron chi connectivity index (χ0n) is 16.2. The number of nitrogens with one attached hydrogen (secondary N) is 1. The summed E-state index contributed by atoms with van der Waals surface area (Å²) in [5.74, 6) is 0.135. The summed E-state index contributed by atoms with van der Waals surface area (Å²) in [6, 6.07) is 9.54. The van der Waals surface area contributed by atoms with Crippen molar-refractivity contribution in [1.29, 1.82) is 5.26 Å². The maximum atomic E-state index is 13.4. The van der Waals surface area contributed by atoms with Crippen molar-refractivity contribution < 1.29 is 23.4 Å². The number of methoxy groups -OCH3 is 1. The van der Waals surface area contributed by atoms with Gasteiger partial charge in [0.1, 0.15) is 17.7 Å². The molecule has 0 bridgehead atoms. The molecule has 3 aromatic rings. The highest BCUT2D eigenvalue weighted by Crippen LogP contribution is 2.35. The largest absolute Gasteiger partial charge is 0.493 e. The number of rotatable bonds is 7. The van der Waals surface area contributed by atoms with E-state index in [1.54, 1.807) is 25.1 Å². The zero-order valence-corrected chi connectivity index (χ0v) is 17.7. The molecule has 0 unspecified atom stereocenters. The van der Waals surface area contributed by atoms with Crippen LogP contribution in [0.2, 0.25) is 0 Å². The number of aromatic nitrogens is 2. The number of hydrogen-bond donors (Lipinski definition) is 1. The molecule has 0 fully saturated rings. The molecule has 1 N–H and O–H groups in total. The Bertz CT molecular complexity index is 1170. The molecule has 0 radical (unpaired) electrons. The van der Waals surface area contributed by atoms with Gasteiger partial charge in [-0.2, -0.15) is 5.26 Å². The molecule has 154 valence electrons. The predicted octanol–water partition coefficient (Wildman–Crippen LogP) is 4.48. The number of fused-ring (bicyclic) bond motifs is 1. The maximum absolute atomic E-state index is 13.4. The van der Waals surface area contributed by atoms with Gasteiger partial charge in [0.2, 0.25) is 0 Å². The number of benzene rings is 2. The molecule has 0 atom stereocenters. The van der Waals surface area contributed by atoms with Gasteiger partial charge in [0, 0.05) is 4.47 Å². The van der Waals surface area contributed by atoms with Crippen LogP contribution < -0.4 is 9.47 Å². The zero-order chi connectivity index (χ0) is 21.7. The van der Waals surface area contributed by atoms with Crippen molar-refractivity contribution in [3.05, 3.63) is 52.0 Å². The second-order valence-corrected chi connectivity index (χ2v) is 6.89. The van der Waals surface area contributed by atoms with E-state index in [1.807, 2.05) is 0 Å². The van der Waals surface area contributed by atoms with Crippen LogP contribution in [0.4, 0.5) is 4.39 Å². The average Bonchev–Trinajstić information content (AvgIpc) is 3.14. The maximum Gasteiger partial charge on any atom is 0.344 e. The number of allylic oxidation sites excluding steroid dienone is 1. The Hall–Kier alpha value is -3.38. The molecular formula is C21H17BrFN3O4. The van der Waals surface area contributed by atoms with E-state index in [2.05, 4.69) is 32.0 Å². The fourth-order valence-electron chi connectivity index (χ4n) is 2.69. The quantitative estimate of drug-likeness (QED) is 0.401. The minimum atomic E-state index is -0.493. The second-order valence-electron chi connectivity index (χ2n) is 6.03. The predicted molar refractivity (Wildman–Crippen MR) is 112 cm³/mol. The minimum Gasteiger partial charge on any atom is -0.493 e. The Kier molecular flexibility index (Phi) is 6.69. The molecule has 0 amide bonds. The molecular weight excluding hydrogens is 457 g/mol. The molecule has 1 heterocycles. The van der Waals surface area contributed by atoms with Crippen LogP contribution in [0.1, 0.15) is 18.3 Å². The van der Waals surface area contributed by atoms with Crippen LogP contribution in [-0.4, -0.2) is 36.3 Å². The summed E-state index contributed by atoms with van der Waals surface area (Å²) in [7, 11) is 1.47. The van der Waals surface area contributed by atoms with Crippen LogP contribution in [0.25, 0.3) is 22.7 Å². The number of aromatic amines is 1. The number of halogens is 2. The molecule has 30 heavy (non-hydrogen) atoms. The van der Waals surface area contributed by atoms with E-state index >= 15 is 0 Å². The number of H-pyrrole nitrogens is 1. The molecule has 0 aliphatic rings. The van der Waals surface area contributed by atoms with Gasteiger partial charge in [0.25, 0.3) is 0 Å². The Morgan fingerprint density at radius 3 is 2.83 bits per heavy atom. The Morgan fingerprint density at radius 2 is 2.13 bits per heavy atom. The van der Waals surface area contributed by atoms with E-state index in [9.17, 15) is 14.4 Å². The lowest BCUT2D eigenvalue weighted by atomic mass is 10.1. The van der Waals surface area contributed by atoms with E-state index in [1.165, 1.54) is 25.3 Å². The first-order valence-electron chi connectivity index (χ1n) is 8.88. The SMILES string of the molecule is CCOC(=O)COc1cc(Br)c(/C=C(/C#N)c2nc3ccc(F)cc3[nH]2)cc1OC. The third-order valence-corrected chi connectivity index (χ3v) is 4.74. The first-order chi connectivity index (χ1) is 14.4. The van der Waals surface area contributed by atoms with Crippen molar-refractivity contribution in [3.8, 4) is 17.6 Å². The van der Waals surface area contributed by atoms with Crippen LogP contribution in [0.5, 0.6) is 11.5 Å². The molecule has 1 aromatic heterocycles. The van der Waals surface area contributed by atoms with Crippen molar-refractivity contribution in [2.45, 2.75) is 6.92 Å². The van der Waals surface area contributed by atoms with E-state index in [4.69, 9.17) is 14.2 Å². The lowest BCUT2D eigenvalue weighted by Crippen LogP contribution is -2.15. The number of carbonyl (C=O) groups excluding carboxylic acids is 1. The number of nitriles is 1. The van der Waals surface area contributed by atoms with Crippen molar-refractivity contribution >= 4 is 44.6 Å². The number of ether oxygens (including phenoxy) is 3. The summed E-state index contributed by atoms with van der Waals surface area (Å²) in [6.45, 7) is 1.71.